The van der Waals surface area contributed by atoms with Crippen molar-refractivity contribution in [2.24, 2.45) is 0 Å². The molecule has 1 aliphatic heterocycles. The van der Waals surface area contributed by atoms with Gasteiger partial charge in [-0.3, -0.25) is 0 Å². The molecule has 1 aliphatic rings. The molecule has 4 heteroatoms. The number of nitrogens with zero attached hydrogens (tertiary/aromatic N) is 2. The standard InChI is InChI=1S/C13H17N3O/c1-2-17-13-9-12(4-3-11(13)10-14)16-7-5-15-6-8-16/h3-4,9,15H,2,5-8H2,1H3. The summed E-state index contributed by atoms with van der Waals surface area (Å²) in [6.45, 7) is 6.52. The Kier molecular flexibility index (Phi) is 3.84. The summed E-state index contributed by atoms with van der Waals surface area (Å²) in [6.07, 6.45) is 0. The van der Waals surface area contributed by atoms with Crippen LogP contribution in [0.1, 0.15) is 12.5 Å². The van der Waals surface area contributed by atoms with Gasteiger partial charge in [0, 0.05) is 37.9 Å². The maximum absolute atomic E-state index is 8.99. The Morgan fingerprint density at radius 2 is 2.18 bits per heavy atom. The van der Waals surface area contributed by atoms with Crippen LogP contribution in [0.2, 0.25) is 0 Å². The third kappa shape index (κ3) is 2.69. The highest BCUT2D eigenvalue weighted by molar-refractivity contribution is 5.57. The number of benzene rings is 1. The van der Waals surface area contributed by atoms with Crippen LogP contribution in [0.5, 0.6) is 5.75 Å². The number of rotatable bonds is 3. The molecular formula is C13H17N3O. The Morgan fingerprint density at radius 1 is 1.41 bits per heavy atom. The van der Waals surface area contributed by atoms with Gasteiger partial charge in [0.15, 0.2) is 0 Å². The van der Waals surface area contributed by atoms with Crippen LogP contribution in [0.15, 0.2) is 18.2 Å². The van der Waals surface area contributed by atoms with Crippen molar-refractivity contribution in [2.45, 2.75) is 6.92 Å². The second-order valence-electron chi connectivity index (χ2n) is 3.96. The van der Waals surface area contributed by atoms with Crippen LogP contribution < -0.4 is 15.0 Å². The van der Waals surface area contributed by atoms with E-state index in [4.69, 9.17) is 10.00 Å². The first-order valence-corrected chi connectivity index (χ1v) is 5.97. The van der Waals surface area contributed by atoms with Crippen molar-refractivity contribution in [2.75, 3.05) is 37.7 Å². The van der Waals surface area contributed by atoms with Crippen molar-refractivity contribution in [1.29, 1.82) is 5.26 Å². The highest BCUT2D eigenvalue weighted by Crippen LogP contribution is 2.25. The molecule has 17 heavy (non-hydrogen) atoms. The number of nitrogens with one attached hydrogen (secondary N) is 1. The van der Waals surface area contributed by atoms with E-state index >= 15 is 0 Å². The molecule has 1 aromatic carbocycles. The summed E-state index contributed by atoms with van der Waals surface area (Å²) in [5.41, 5.74) is 1.74. The van der Waals surface area contributed by atoms with E-state index in [1.54, 1.807) is 0 Å². The largest absolute Gasteiger partial charge is 0.492 e. The molecule has 90 valence electrons. The van der Waals surface area contributed by atoms with Crippen molar-refractivity contribution >= 4 is 5.69 Å². The summed E-state index contributed by atoms with van der Waals surface area (Å²) in [6, 6.07) is 7.95. The topological polar surface area (TPSA) is 48.3 Å². The zero-order valence-corrected chi connectivity index (χ0v) is 10.1. The van der Waals surface area contributed by atoms with E-state index in [1.807, 2.05) is 25.1 Å². The van der Waals surface area contributed by atoms with Crippen LogP contribution >= 0.6 is 0 Å². The van der Waals surface area contributed by atoms with Gasteiger partial charge >= 0.3 is 0 Å². The van der Waals surface area contributed by atoms with E-state index in [-0.39, 0.29) is 0 Å². The average Bonchev–Trinajstić information content (AvgIpc) is 2.40. The normalized spacial score (nSPS) is 15.4. The SMILES string of the molecule is CCOc1cc(N2CCNCC2)ccc1C#N. The van der Waals surface area contributed by atoms with E-state index in [0.29, 0.717) is 17.9 Å². The molecule has 0 bridgehead atoms. The summed E-state index contributed by atoms with van der Waals surface area (Å²) in [7, 11) is 0. The van der Waals surface area contributed by atoms with E-state index in [2.05, 4.69) is 16.3 Å². The molecule has 0 radical (unpaired) electrons. The first-order chi connectivity index (χ1) is 8.35. The van der Waals surface area contributed by atoms with Gasteiger partial charge < -0.3 is 15.0 Å². The van der Waals surface area contributed by atoms with E-state index < -0.39 is 0 Å². The number of nitriles is 1. The minimum Gasteiger partial charge on any atom is -0.492 e. The molecule has 0 unspecified atom stereocenters. The Morgan fingerprint density at radius 3 is 2.82 bits per heavy atom. The summed E-state index contributed by atoms with van der Waals surface area (Å²) < 4.78 is 5.49. The third-order valence-corrected chi connectivity index (χ3v) is 2.87. The van der Waals surface area contributed by atoms with Crippen molar-refractivity contribution in [3.8, 4) is 11.8 Å². The Bertz CT molecular complexity index is 419. The first kappa shape index (κ1) is 11.7. The van der Waals surface area contributed by atoms with E-state index in [9.17, 15) is 0 Å². The predicted octanol–water partition coefficient (Wildman–Crippen LogP) is 1.37. The van der Waals surface area contributed by atoms with E-state index in [0.717, 1.165) is 31.9 Å². The monoisotopic (exact) mass is 231 g/mol. The quantitative estimate of drug-likeness (QED) is 0.853. The Hall–Kier alpha value is -1.73. The number of hydrogen-bond donors (Lipinski definition) is 1. The lowest BCUT2D eigenvalue weighted by molar-refractivity contribution is 0.339. The molecule has 2 rings (SSSR count). The fourth-order valence-corrected chi connectivity index (χ4v) is 2.00. The van der Waals surface area contributed by atoms with Crippen molar-refractivity contribution in [3.63, 3.8) is 0 Å². The molecule has 1 heterocycles. The molecule has 0 saturated carbocycles. The van der Waals surface area contributed by atoms with Gasteiger partial charge in [0.2, 0.25) is 0 Å². The van der Waals surface area contributed by atoms with Crippen molar-refractivity contribution in [1.82, 2.24) is 5.32 Å². The highest BCUT2D eigenvalue weighted by atomic mass is 16.5. The van der Waals surface area contributed by atoms with Crippen LogP contribution in [0.25, 0.3) is 0 Å². The van der Waals surface area contributed by atoms with Gasteiger partial charge in [-0.05, 0) is 19.1 Å². The summed E-state index contributed by atoms with van der Waals surface area (Å²) in [5.74, 6) is 0.686. The number of ether oxygens (including phenoxy) is 1. The van der Waals surface area contributed by atoms with E-state index in [1.165, 1.54) is 0 Å². The van der Waals surface area contributed by atoms with Crippen molar-refractivity contribution < 1.29 is 4.74 Å². The van der Waals surface area contributed by atoms with Gasteiger partial charge in [0.1, 0.15) is 11.8 Å². The fourth-order valence-electron chi connectivity index (χ4n) is 2.00. The molecule has 0 aliphatic carbocycles. The Balaban J connectivity index is 2.23. The minimum absolute atomic E-state index is 0.583. The summed E-state index contributed by atoms with van der Waals surface area (Å²) >= 11 is 0. The maximum Gasteiger partial charge on any atom is 0.139 e. The van der Waals surface area contributed by atoms with Gasteiger partial charge in [0.05, 0.1) is 12.2 Å². The third-order valence-electron chi connectivity index (χ3n) is 2.87. The second-order valence-corrected chi connectivity index (χ2v) is 3.96. The molecule has 0 atom stereocenters. The lowest BCUT2D eigenvalue weighted by Crippen LogP contribution is -2.43. The van der Waals surface area contributed by atoms with Gasteiger partial charge in [0.25, 0.3) is 0 Å². The summed E-state index contributed by atoms with van der Waals surface area (Å²) in [4.78, 5) is 2.31. The zero-order chi connectivity index (χ0) is 12.1. The number of hydrogen-bond acceptors (Lipinski definition) is 4. The highest BCUT2D eigenvalue weighted by Gasteiger charge is 2.12. The number of anilines is 1. The van der Waals surface area contributed by atoms with Gasteiger partial charge in [-0.1, -0.05) is 0 Å². The first-order valence-electron chi connectivity index (χ1n) is 5.97. The Labute approximate surface area is 102 Å². The molecule has 1 N–H and O–H groups in total. The zero-order valence-electron chi connectivity index (χ0n) is 10.1. The van der Waals surface area contributed by atoms with Crippen LogP contribution in [-0.2, 0) is 0 Å². The number of piperazine rings is 1. The molecule has 4 nitrogen and oxygen atoms in total. The van der Waals surface area contributed by atoms with Gasteiger partial charge in [-0.25, -0.2) is 0 Å². The van der Waals surface area contributed by atoms with Crippen LogP contribution in [0.4, 0.5) is 5.69 Å². The molecule has 0 aromatic heterocycles. The van der Waals surface area contributed by atoms with Crippen LogP contribution in [0.3, 0.4) is 0 Å². The average molecular weight is 231 g/mol. The lowest BCUT2D eigenvalue weighted by atomic mass is 10.1. The van der Waals surface area contributed by atoms with Gasteiger partial charge in [-0.2, -0.15) is 5.26 Å². The molecular weight excluding hydrogens is 214 g/mol. The molecule has 0 spiro atoms. The van der Waals surface area contributed by atoms with Gasteiger partial charge in [-0.15, -0.1) is 0 Å². The van der Waals surface area contributed by atoms with Crippen LogP contribution in [-0.4, -0.2) is 32.8 Å². The minimum atomic E-state index is 0.583. The maximum atomic E-state index is 8.99. The smallest absolute Gasteiger partial charge is 0.139 e. The van der Waals surface area contributed by atoms with Crippen molar-refractivity contribution in [3.05, 3.63) is 23.8 Å². The van der Waals surface area contributed by atoms with Crippen LogP contribution in [0, 0.1) is 11.3 Å². The lowest BCUT2D eigenvalue weighted by Gasteiger charge is -2.29. The second kappa shape index (κ2) is 5.55. The molecule has 0 amide bonds. The predicted molar refractivity (Wildman–Crippen MR) is 67.4 cm³/mol. The summed E-state index contributed by atoms with van der Waals surface area (Å²) in [5, 5.41) is 12.3. The molecule has 1 aromatic rings. The fraction of sp³-hybridized carbons (Fsp3) is 0.462. The molecule has 1 saturated heterocycles. The molecule has 1 fully saturated rings.